The molecule has 0 aromatic rings. The molecule has 0 heterocycles. The Balaban J connectivity index is 2.66. The Morgan fingerprint density at radius 2 is 2.24 bits per heavy atom. The topological polar surface area (TPSA) is 47.6 Å². The minimum atomic E-state index is -0.337. The van der Waals surface area contributed by atoms with Crippen molar-refractivity contribution in [1.29, 1.82) is 0 Å². The lowest BCUT2D eigenvalue weighted by molar-refractivity contribution is -0.156. The van der Waals surface area contributed by atoms with Crippen molar-refractivity contribution < 1.29 is 14.2 Å². The fourth-order valence-electron chi connectivity index (χ4n) is 2.89. The Labute approximate surface area is 105 Å². The van der Waals surface area contributed by atoms with Crippen molar-refractivity contribution in [2.24, 2.45) is 11.3 Å². The maximum Gasteiger partial charge on any atom is 0.360 e. The fourth-order valence-corrected chi connectivity index (χ4v) is 2.89. The Bertz CT molecular complexity index is 262. The van der Waals surface area contributed by atoms with Gasteiger partial charge in [-0.15, -0.1) is 0 Å². The molecule has 1 aliphatic carbocycles. The van der Waals surface area contributed by atoms with Crippen LogP contribution < -0.4 is 5.23 Å². The summed E-state index contributed by atoms with van der Waals surface area (Å²) < 4.78 is 10.2. The number of hydrogen-bond acceptors (Lipinski definition) is 4. The van der Waals surface area contributed by atoms with Crippen LogP contribution in [0.15, 0.2) is 0 Å². The predicted molar refractivity (Wildman–Crippen MR) is 68.8 cm³/mol. The number of nitrogens with one attached hydrogen (secondary N) is 1. The van der Waals surface area contributed by atoms with Crippen molar-refractivity contribution in [2.75, 3.05) is 13.7 Å². The van der Waals surface area contributed by atoms with E-state index in [9.17, 15) is 4.79 Å². The van der Waals surface area contributed by atoms with E-state index in [-0.39, 0.29) is 11.4 Å². The molecule has 4 nitrogen and oxygen atoms in total. The molecule has 1 fully saturated rings. The highest BCUT2D eigenvalue weighted by Crippen LogP contribution is 2.45. The number of rotatable bonds is 6. The van der Waals surface area contributed by atoms with Crippen LogP contribution in [0.2, 0.25) is 0 Å². The molecule has 0 unspecified atom stereocenters. The Morgan fingerprint density at radius 1 is 1.53 bits per heavy atom. The maximum atomic E-state index is 12.1. The maximum absolute atomic E-state index is 12.1. The lowest BCUT2D eigenvalue weighted by atomic mass is 9.78. The molecule has 0 spiro atoms. The number of esters is 1. The number of carbonyl (C=O) groups is 1. The van der Waals surface area contributed by atoms with Gasteiger partial charge in [0.05, 0.1) is 12.0 Å². The third kappa shape index (κ3) is 3.22. The molecule has 0 amide bonds. The second-order valence-corrected chi connectivity index (χ2v) is 5.02. The quantitative estimate of drug-likeness (QED) is 0.561. The summed E-state index contributed by atoms with van der Waals surface area (Å²) in [6.07, 6.45) is 2.88. The summed E-state index contributed by atoms with van der Waals surface area (Å²) in [6.45, 7) is 6.49. The normalized spacial score (nSPS) is 32.5. The van der Waals surface area contributed by atoms with E-state index in [1.807, 2.05) is 13.8 Å². The van der Waals surface area contributed by atoms with Gasteiger partial charge in [0.15, 0.2) is 0 Å². The van der Waals surface area contributed by atoms with Gasteiger partial charge < -0.3 is 14.6 Å². The first-order chi connectivity index (χ1) is 8.08. The van der Waals surface area contributed by atoms with Crippen LogP contribution in [-0.4, -0.2) is 33.3 Å². The van der Waals surface area contributed by atoms with Crippen LogP contribution in [0.4, 0.5) is 0 Å². The average molecular weight is 241 g/mol. The summed E-state index contributed by atoms with van der Waals surface area (Å²) >= 11 is 0. The molecule has 0 saturated heterocycles. The molecule has 1 saturated carbocycles. The molecule has 5 heteroatoms. The standard InChI is InChI=1S/C12H24BNO3/c1-5-9-7-10(14-13-16-4)8-12(9,3)11(15)17-6-2/h9-10,13-14H,5-8H2,1-4H3/t9-,10+,12+/m1/s1. The van der Waals surface area contributed by atoms with Gasteiger partial charge in [-0.05, 0) is 38.6 Å². The van der Waals surface area contributed by atoms with Crippen molar-refractivity contribution in [3.05, 3.63) is 0 Å². The molecule has 0 aromatic heterocycles. The molecule has 1 aliphatic rings. The first kappa shape index (κ1) is 14.5. The molecule has 0 aromatic carbocycles. The number of carbonyl (C=O) groups excluding carboxylic acids is 1. The SMILES string of the molecule is CCOC(=O)[C@@]1(C)C[C@@H](NBOC)C[C@H]1CC. The molecular weight excluding hydrogens is 217 g/mol. The van der Waals surface area contributed by atoms with Gasteiger partial charge in [0.2, 0.25) is 0 Å². The predicted octanol–water partition coefficient (Wildman–Crippen LogP) is 1.25. The van der Waals surface area contributed by atoms with Crippen LogP contribution in [0.3, 0.4) is 0 Å². The lowest BCUT2D eigenvalue weighted by Crippen LogP contribution is -2.35. The van der Waals surface area contributed by atoms with E-state index in [1.54, 1.807) is 7.11 Å². The van der Waals surface area contributed by atoms with Crippen molar-refractivity contribution >= 4 is 13.6 Å². The van der Waals surface area contributed by atoms with E-state index in [1.165, 1.54) is 0 Å². The molecule has 0 bridgehead atoms. The van der Waals surface area contributed by atoms with E-state index in [0.29, 0.717) is 26.2 Å². The van der Waals surface area contributed by atoms with Crippen molar-refractivity contribution in [1.82, 2.24) is 5.23 Å². The lowest BCUT2D eigenvalue weighted by Gasteiger charge is -2.28. The molecule has 0 aliphatic heterocycles. The van der Waals surface area contributed by atoms with Gasteiger partial charge >= 0.3 is 13.6 Å². The van der Waals surface area contributed by atoms with Crippen LogP contribution in [0.25, 0.3) is 0 Å². The van der Waals surface area contributed by atoms with Gasteiger partial charge in [-0.25, -0.2) is 0 Å². The van der Waals surface area contributed by atoms with E-state index in [2.05, 4.69) is 12.2 Å². The largest absolute Gasteiger partial charge is 0.466 e. The first-order valence-corrected chi connectivity index (χ1v) is 6.48. The summed E-state index contributed by atoms with van der Waals surface area (Å²) in [7, 11) is 2.21. The highest BCUT2D eigenvalue weighted by Gasteiger charge is 2.48. The Hall–Kier alpha value is -0.545. The van der Waals surface area contributed by atoms with Gasteiger partial charge in [-0.1, -0.05) is 13.3 Å². The zero-order valence-corrected chi connectivity index (χ0v) is 11.4. The Kier molecular flexibility index (Phi) is 5.47. The van der Waals surface area contributed by atoms with Crippen molar-refractivity contribution in [3.8, 4) is 0 Å². The van der Waals surface area contributed by atoms with E-state index in [0.717, 1.165) is 19.3 Å². The molecular formula is C12H24BNO3. The summed E-state index contributed by atoms with van der Waals surface area (Å²) in [5.41, 5.74) is -0.337. The fraction of sp³-hybridized carbons (Fsp3) is 0.917. The molecule has 98 valence electrons. The van der Waals surface area contributed by atoms with Gasteiger partial charge in [0.25, 0.3) is 0 Å². The van der Waals surface area contributed by atoms with Crippen LogP contribution in [0.1, 0.15) is 40.0 Å². The van der Waals surface area contributed by atoms with Gasteiger partial charge in [0.1, 0.15) is 0 Å². The van der Waals surface area contributed by atoms with Crippen LogP contribution in [0.5, 0.6) is 0 Å². The first-order valence-electron chi connectivity index (χ1n) is 6.48. The number of ether oxygens (including phenoxy) is 1. The van der Waals surface area contributed by atoms with E-state index in [4.69, 9.17) is 9.39 Å². The molecule has 1 rings (SSSR count). The average Bonchev–Trinajstić information content (AvgIpc) is 2.65. The van der Waals surface area contributed by atoms with Gasteiger partial charge in [-0.3, -0.25) is 4.79 Å². The van der Waals surface area contributed by atoms with E-state index < -0.39 is 0 Å². The summed E-state index contributed by atoms with van der Waals surface area (Å²) in [4.78, 5) is 12.1. The summed E-state index contributed by atoms with van der Waals surface area (Å²) in [5.74, 6) is 0.351. The third-order valence-corrected chi connectivity index (χ3v) is 3.89. The number of hydrogen-bond donors (Lipinski definition) is 1. The second-order valence-electron chi connectivity index (χ2n) is 5.02. The summed E-state index contributed by atoms with van der Waals surface area (Å²) in [6, 6.07) is 0.356. The molecule has 17 heavy (non-hydrogen) atoms. The Morgan fingerprint density at radius 3 is 2.76 bits per heavy atom. The molecule has 1 N–H and O–H groups in total. The minimum Gasteiger partial charge on any atom is -0.466 e. The second kappa shape index (κ2) is 6.40. The molecule has 0 radical (unpaired) electrons. The summed E-state index contributed by atoms with van der Waals surface area (Å²) in [5, 5.41) is 3.32. The molecule has 3 atom stereocenters. The van der Waals surface area contributed by atoms with Gasteiger partial charge in [0, 0.05) is 7.11 Å². The third-order valence-electron chi connectivity index (χ3n) is 3.89. The smallest absolute Gasteiger partial charge is 0.360 e. The van der Waals surface area contributed by atoms with Crippen LogP contribution in [-0.2, 0) is 14.2 Å². The highest BCUT2D eigenvalue weighted by atomic mass is 16.5. The zero-order chi connectivity index (χ0) is 12.9. The minimum absolute atomic E-state index is 0.0476. The van der Waals surface area contributed by atoms with Gasteiger partial charge in [-0.2, -0.15) is 0 Å². The van der Waals surface area contributed by atoms with Crippen LogP contribution in [0, 0.1) is 11.3 Å². The zero-order valence-electron chi connectivity index (χ0n) is 11.4. The monoisotopic (exact) mass is 241 g/mol. The van der Waals surface area contributed by atoms with E-state index >= 15 is 0 Å². The van der Waals surface area contributed by atoms with Crippen molar-refractivity contribution in [3.63, 3.8) is 0 Å². The highest BCUT2D eigenvalue weighted by molar-refractivity contribution is 6.23. The van der Waals surface area contributed by atoms with Crippen molar-refractivity contribution in [2.45, 2.75) is 46.1 Å². The van der Waals surface area contributed by atoms with Crippen LogP contribution >= 0.6 is 0 Å².